The highest BCUT2D eigenvalue weighted by Crippen LogP contribution is 2.23. The highest BCUT2D eigenvalue weighted by atomic mass is 79.9. The lowest BCUT2D eigenvalue weighted by atomic mass is 10.1. The maximum absolute atomic E-state index is 11.9. The van der Waals surface area contributed by atoms with Crippen molar-refractivity contribution in [3.8, 4) is 0 Å². The number of aryl methyl sites for hydroxylation is 1. The Labute approximate surface area is 136 Å². The Bertz CT molecular complexity index is 631. The van der Waals surface area contributed by atoms with Crippen LogP contribution >= 0.6 is 39.1 Å². The predicted octanol–water partition coefficient (Wildman–Crippen LogP) is 5.33. The molecule has 0 aromatic heterocycles. The summed E-state index contributed by atoms with van der Waals surface area (Å²) >= 11 is 15.2. The number of nitrogens with one attached hydrogen (secondary N) is 1. The van der Waals surface area contributed by atoms with Crippen LogP contribution in [0.25, 0.3) is 0 Å². The molecule has 0 bridgehead atoms. The van der Waals surface area contributed by atoms with E-state index in [9.17, 15) is 4.79 Å². The van der Waals surface area contributed by atoms with Crippen LogP contribution in [0, 0.1) is 0 Å². The summed E-state index contributed by atoms with van der Waals surface area (Å²) in [6, 6.07) is 12.9. The van der Waals surface area contributed by atoms with E-state index in [2.05, 4.69) is 21.2 Å². The molecule has 5 heteroatoms. The van der Waals surface area contributed by atoms with E-state index in [4.69, 9.17) is 23.2 Å². The molecule has 0 aliphatic heterocycles. The Morgan fingerprint density at radius 1 is 1.10 bits per heavy atom. The highest BCUT2D eigenvalue weighted by Gasteiger charge is 2.05. The minimum atomic E-state index is -0.0332. The molecule has 0 fully saturated rings. The third-order valence-electron chi connectivity index (χ3n) is 2.73. The van der Waals surface area contributed by atoms with Crippen molar-refractivity contribution in [1.82, 2.24) is 0 Å². The van der Waals surface area contributed by atoms with Gasteiger partial charge in [0.2, 0.25) is 5.91 Å². The second kappa shape index (κ2) is 7.11. The van der Waals surface area contributed by atoms with Crippen LogP contribution < -0.4 is 5.32 Å². The van der Waals surface area contributed by atoms with Gasteiger partial charge < -0.3 is 5.32 Å². The van der Waals surface area contributed by atoms with Gasteiger partial charge in [-0.2, -0.15) is 0 Å². The third-order valence-corrected chi connectivity index (χ3v) is 3.97. The van der Waals surface area contributed by atoms with E-state index in [1.54, 1.807) is 12.1 Å². The highest BCUT2D eigenvalue weighted by molar-refractivity contribution is 9.10. The lowest BCUT2D eigenvalue weighted by Gasteiger charge is -2.06. The van der Waals surface area contributed by atoms with E-state index >= 15 is 0 Å². The Morgan fingerprint density at radius 3 is 2.60 bits per heavy atom. The van der Waals surface area contributed by atoms with E-state index in [1.807, 2.05) is 30.3 Å². The molecular formula is C15H12BrCl2NO. The minimum Gasteiger partial charge on any atom is -0.326 e. The van der Waals surface area contributed by atoms with Crippen LogP contribution in [0.5, 0.6) is 0 Å². The number of hydrogen-bond acceptors (Lipinski definition) is 1. The summed E-state index contributed by atoms with van der Waals surface area (Å²) in [5.41, 5.74) is 1.77. The van der Waals surface area contributed by atoms with Gasteiger partial charge >= 0.3 is 0 Å². The predicted molar refractivity (Wildman–Crippen MR) is 87.6 cm³/mol. The van der Waals surface area contributed by atoms with Crippen molar-refractivity contribution >= 4 is 50.7 Å². The van der Waals surface area contributed by atoms with Gasteiger partial charge in [-0.1, -0.05) is 51.3 Å². The molecule has 0 aliphatic rings. The van der Waals surface area contributed by atoms with Crippen LogP contribution in [0.15, 0.2) is 46.9 Å². The number of hydrogen-bond donors (Lipinski definition) is 1. The number of carbonyl (C=O) groups excluding carboxylic acids is 1. The van der Waals surface area contributed by atoms with Crippen molar-refractivity contribution in [2.75, 3.05) is 5.32 Å². The molecule has 1 N–H and O–H groups in total. The topological polar surface area (TPSA) is 29.1 Å². The number of benzene rings is 2. The SMILES string of the molecule is O=C(CCc1ccc(Cl)c(Cl)c1)Nc1cccc(Br)c1. The van der Waals surface area contributed by atoms with Gasteiger partial charge in [-0.3, -0.25) is 4.79 Å². The molecule has 20 heavy (non-hydrogen) atoms. The fourth-order valence-electron chi connectivity index (χ4n) is 1.74. The third kappa shape index (κ3) is 4.51. The number of carbonyl (C=O) groups is 1. The summed E-state index contributed by atoms with van der Waals surface area (Å²) in [6.45, 7) is 0. The van der Waals surface area contributed by atoms with Crippen molar-refractivity contribution in [2.24, 2.45) is 0 Å². The Morgan fingerprint density at radius 2 is 1.90 bits per heavy atom. The van der Waals surface area contributed by atoms with E-state index < -0.39 is 0 Å². The fourth-order valence-corrected chi connectivity index (χ4v) is 2.46. The Hall–Kier alpha value is -1.03. The normalized spacial score (nSPS) is 10.3. The van der Waals surface area contributed by atoms with Crippen molar-refractivity contribution < 1.29 is 4.79 Å². The van der Waals surface area contributed by atoms with Crippen molar-refractivity contribution in [1.29, 1.82) is 0 Å². The second-order valence-electron chi connectivity index (χ2n) is 4.31. The largest absolute Gasteiger partial charge is 0.326 e. The van der Waals surface area contributed by atoms with E-state index in [0.29, 0.717) is 22.9 Å². The first-order chi connectivity index (χ1) is 9.54. The molecule has 104 valence electrons. The maximum Gasteiger partial charge on any atom is 0.224 e. The van der Waals surface area contributed by atoms with Crippen LogP contribution in [-0.2, 0) is 11.2 Å². The van der Waals surface area contributed by atoms with Gasteiger partial charge in [0.1, 0.15) is 0 Å². The van der Waals surface area contributed by atoms with Crippen LogP contribution in [0.2, 0.25) is 10.0 Å². The van der Waals surface area contributed by atoms with Crippen molar-refractivity contribution in [2.45, 2.75) is 12.8 Å². The molecule has 0 atom stereocenters. The molecule has 0 saturated carbocycles. The van der Waals surface area contributed by atoms with Crippen LogP contribution in [0.4, 0.5) is 5.69 Å². The summed E-state index contributed by atoms with van der Waals surface area (Å²) in [5.74, 6) is -0.0332. The zero-order valence-electron chi connectivity index (χ0n) is 10.5. The van der Waals surface area contributed by atoms with Crippen LogP contribution in [-0.4, -0.2) is 5.91 Å². The number of anilines is 1. The van der Waals surface area contributed by atoms with E-state index in [0.717, 1.165) is 15.7 Å². The number of halogens is 3. The quantitative estimate of drug-likeness (QED) is 0.772. The summed E-state index contributed by atoms with van der Waals surface area (Å²) in [5, 5.41) is 3.88. The monoisotopic (exact) mass is 371 g/mol. The molecule has 0 radical (unpaired) electrons. The van der Waals surface area contributed by atoms with Crippen molar-refractivity contribution in [3.63, 3.8) is 0 Å². The number of rotatable bonds is 4. The second-order valence-corrected chi connectivity index (χ2v) is 6.04. The molecule has 0 aliphatic carbocycles. The fraction of sp³-hybridized carbons (Fsp3) is 0.133. The summed E-state index contributed by atoms with van der Waals surface area (Å²) in [4.78, 5) is 11.9. The molecule has 2 aromatic carbocycles. The lowest BCUT2D eigenvalue weighted by Crippen LogP contribution is -2.12. The standard InChI is InChI=1S/C15H12BrCl2NO/c16-11-2-1-3-12(9-11)19-15(20)7-5-10-4-6-13(17)14(18)8-10/h1-4,6,8-9H,5,7H2,(H,19,20). The first kappa shape index (κ1) is 15.4. The van der Waals surface area contributed by atoms with E-state index in [-0.39, 0.29) is 5.91 Å². The van der Waals surface area contributed by atoms with E-state index in [1.165, 1.54) is 0 Å². The van der Waals surface area contributed by atoms with Gasteiger partial charge in [-0.15, -0.1) is 0 Å². The van der Waals surface area contributed by atoms with Gasteiger partial charge in [0, 0.05) is 16.6 Å². The molecule has 0 heterocycles. The molecule has 2 rings (SSSR count). The zero-order valence-corrected chi connectivity index (χ0v) is 13.6. The summed E-state index contributed by atoms with van der Waals surface area (Å²) < 4.78 is 0.930. The molecular weight excluding hydrogens is 361 g/mol. The lowest BCUT2D eigenvalue weighted by molar-refractivity contribution is -0.116. The number of amides is 1. The van der Waals surface area contributed by atoms with Gasteiger partial charge in [0.05, 0.1) is 10.0 Å². The maximum atomic E-state index is 11.9. The van der Waals surface area contributed by atoms with Gasteiger partial charge in [0.25, 0.3) is 0 Å². The molecule has 0 saturated heterocycles. The Balaban J connectivity index is 1.90. The minimum absolute atomic E-state index is 0.0332. The van der Waals surface area contributed by atoms with Crippen LogP contribution in [0.3, 0.4) is 0 Å². The first-order valence-electron chi connectivity index (χ1n) is 6.04. The molecule has 0 unspecified atom stereocenters. The zero-order chi connectivity index (χ0) is 14.5. The van der Waals surface area contributed by atoms with Crippen LogP contribution in [0.1, 0.15) is 12.0 Å². The van der Waals surface area contributed by atoms with Gasteiger partial charge in [-0.05, 0) is 42.3 Å². The molecule has 2 nitrogen and oxygen atoms in total. The summed E-state index contributed by atoms with van der Waals surface area (Å²) in [6.07, 6.45) is 1.02. The van der Waals surface area contributed by atoms with Gasteiger partial charge in [0.15, 0.2) is 0 Å². The molecule has 1 amide bonds. The first-order valence-corrected chi connectivity index (χ1v) is 7.59. The summed E-state index contributed by atoms with van der Waals surface area (Å²) in [7, 11) is 0. The van der Waals surface area contributed by atoms with Gasteiger partial charge in [-0.25, -0.2) is 0 Å². The molecule has 0 spiro atoms. The average molecular weight is 373 g/mol. The molecule has 2 aromatic rings. The average Bonchev–Trinajstić information content (AvgIpc) is 2.40. The smallest absolute Gasteiger partial charge is 0.224 e. The Kier molecular flexibility index (Phi) is 5.46. The van der Waals surface area contributed by atoms with Crippen molar-refractivity contribution in [3.05, 3.63) is 62.5 Å².